The summed E-state index contributed by atoms with van der Waals surface area (Å²) in [5.74, 6) is -2.21. The molecule has 2 unspecified atom stereocenters. The van der Waals surface area contributed by atoms with Gasteiger partial charge in [0.25, 0.3) is 0 Å². The molecule has 0 aliphatic rings. The van der Waals surface area contributed by atoms with Gasteiger partial charge < -0.3 is 15.3 Å². The van der Waals surface area contributed by atoms with Crippen LogP contribution in [0, 0.1) is 20.8 Å². The van der Waals surface area contributed by atoms with Crippen molar-refractivity contribution in [1.82, 2.24) is 0 Å². The van der Waals surface area contributed by atoms with Gasteiger partial charge in [-0.15, -0.1) is 0 Å². The van der Waals surface area contributed by atoms with E-state index in [1.54, 1.807) is 26.0 Å². The number of ketones is 2. The number of Topliss-reactive ketones (excluding diaryl/α,β-unsaturated/α-hetero) is 2. The van der Waals surface area contributed by atoms with E-state index in [1.807, 2.05) is 0 Å². The van der Waals surface area contributed by atoms with Gasteiger partial charge in [0.1, 0.15) is 0 Å². The van der Waals surface area contributed by atoms with Crippen molar-refractivity contribution in [1.29, 1.82) is 0 Å². The van der Waals surface area contributed by atoms with Crippen LogP contribution in [0.4, 0.5) is 26.3 Å². The number of aromatic carboxylic acids is 1. The lowest BCUT2D eigenvalue weighted by Gasteiger charge is -2.31. The molecule has 12 heteroatoms. The van der Waals surface area contributed by atoms with Crippen LogP contribution in [0.2, 0.25) is 0 Å². The summed E-state index contributed by atoms with van der Waals surface area (Å²) in [6.45, 7) is 7.26. The lowest BCUT2D eigenvalue weighted by atomic mass is 9.82. The van der Waals surface area contributed by atoms with Crippen molar-refractivity contribution in [2.24, 2.45) is 0 Å². The average molecular weight is 729 g/mol. The molecule has 276 valence electrons. The van der Waals surface area contributed by atoms with Crippen LogP contribution in [0.1, 0.15) is 103 Å². The highest BCUT2D eigenvalue weighted by Gasteiger charge is 2.53. The Morgan fingerprint density at radius 1 is 0.635 bits per heavy atom. The van der Waals surface area contributed by atoms with E-state index in [9.17, 15) is 56.0 Å². The van der Waals surface area contributed by atoms with Gasteiger partial charge in [-0.25, -0.2) is 4.79 Å². The Kier molecular flexibility index (Phi) is 11.0. The van der Waals surface area contributed by atoms with E-state index in [-0.39, 0.29) is 63.1 Å². The van der Waals surface area contributed by atoms with Gasteiger partial charge in [-0.05, 0) is 109 Å². The van der Waals surface area contributed by atoms with Crippen LogP contribution >= 0.6 is 0 Å². The number of carboxylic acid groups (broad SMARTS) is 1. The number of alkyl halides is 6. The summed E-state index contributed by atoms with van der Waals surface area (Å²) >= 11 is 0. The molecule has 4 aromatic rings. The smallest absolute Gasteiger partial charge is 0.421 e. The maximum Gasteiger partial charge on any atom is 0.421 e. The molecule has 0 spiro atoms. The van der Waals surface area contributed by atoms with Gasteiger partial charge in [0.05, 0.1) is 5.56 Å². The number of benzene rings is 4. The molecule has 52 heavy (non-hydrogen) atoms. The molecule has 0 fully saturated rings. The van der Waals surface area contributed by atoms with Crippen molar-refractivity contribution in [3.05, 3.63) is 128 Å². The number of halogens is 6. The number of hydrogen-bond donors (Lipinski definition) is 3. The number of carboxylic acids is 1. The van der Waals surface area contributed by atoms with Gasteiger partial charge in [0.15, 0.2) is 22.8 Å². The minimum atomic E-state index is -5.16. The molecular formula is C40H38F6O6. The normalized spacial score (nSPS) is 14.4. The number of hydrogen-bond acceptors (Lipinski definition) is 5. The third-order valence-corrected chi connectivity index (χ3v) is 9.57. The number of carbonyl (C=O) groups is 3. The van der Waals surface area contributed by atoms with Crippen LogP contribution in [0.25, 0.3) is 11.1 Å². The maximum atomic E-state index is 14.3. The van der Waals surface area contributed by atoms with Gasteiger partial charge >= 0.3 is 18.3 Å². The third-order valence-electron chi connectivity index (χ3n) is 9.57. The van der Waals surface area contributed by atoms with Gasteiger partial charge in [0.2, 0.25) is 0 Å². The molecule has 0 aliphatic heterocycles. The Morgan fingerprint density at radius 3 is 1.65 bits per heavy atom. The Bertz CT molecular complexity index is 2040. The van der Waals surface area contributed by atoms with E-state index < -0.39 is 52.9 Å². The first-order valence-electron chi connectivity index (χ1n) is 16.3. The Morgan fingerprint density at radius 2 is 1.13 bits per heavy atom. The summed E-state index contributed by atoms with van der Waals surface area (Å²) in [6.07, 6.45) is -10.7. The van der Waals surface area contributed by atoms with Crippen LogP contribution < -0.4 is 0 Å². The third kappa shape index (κ3) is 7.83. The van der Waals surface area contributed by atoms with Crippen molar-refractivity contribution in [3.8, 4) is 11.1 Å². The van der Waals surface area contributed by atoms with Gasteiger partial charge in [-0.2, -0.15) is 26.3 Å². The van der Waals surface area contributed by atoms with Gasteiger partial charge in [-0.3, -0.25) is 9.59 Å². The largest absolute Gasteiger partial charge is 0.478 e. The van der Waals surface area contributed by atoms with E-state index in [4.69, 9.17) is 0 Å². The first-order valence-corrected chi connectivity index (χ1v) is 16.3. The fraction of sp³-hybridized carbons (Fsp3) is 0.325. The molecule has 0 aliphatic carbocycles. The minimum Gasteiger partial charge on any atom is -0.478 e. The maximum absolute atomic E-state index is 14.3. The molecule has 3 N–H and O–H groups in total. The fourth-order valence-corrected chi connectivity index (χ4v) is 6.19. The minimum absolute atomic E-state index is 0.0609. The van der Waals surface area contributed by atoms with Crippen LogP contribution in [0.5, 0.6) is 0 Å². The number of aryl methyl sites for hydroxylation is 2. The molecule has 0 bridgehead atoms. The summed E-state index contributed by atoms with van der Waals surface area (Å²) < 4.78 is 84.1. The molecule has 0 radical (unpaired) electrons. The van der Waals surface area contributed by atoms with Crippen LogP contribution in [-0.4, -0.2) is 45.2 Å². The Labute approximate surface area is 296 Å². The molecule has 0 amide bonds. The Balaban J connectivity index is 1.72. The van der Waals surface area contributed by atoms with Crippen LogP contribution in [0.3, 0.4) is 0 Å². The zero-order chi connectivity index (χ0) is 39.1. The number of rotatable bonds is 11. The zero-order valence-corrected chi connectivity index (χ0v) is 29.3. The number of aliphatic hydroxyl groups is 2. The summed E-state index contributed by atoms with van der Waals surface area (Å²) in [5.41, 5.74) is -5.31. The van der Waals surface area contributed by atoms with Gasteiger partial charge in [-0.1, -0.05) is 61.5 Å². The standard InChI is InChI=1S/C40H38F6O6/c1-7-34(47)29-13-12-28(19-31(29)36(49)50)26-8-10-27(11-9-26)35(48)20-30-22(3)15-25(18-33(30)38(6,52)40(44,45)46)16-24-14-21(2)23(4)32(17-24)37(5,51)39(41,42)43/h8-15,17-19,51-52H,7,16,20H2,1-6H3,(H,49,50). The van der Waals surface area contributed by atoms with E-state index in [0.717, 1.165) is 12.1 Å². The second-order valence-corrected chi connectivity index (χ2v) is 13.4. The van der Waals surface area contributed by atoms with Crippen molar-refractivity contribution >= 4 is 17.5 Å². The van der Waals surface area contributed by atoms with E-state index >= 15 is 0 Å². The topological polar surface area (TPSA) is 112 Å². The summed E-state index contributed by atoms with van der Waals surface area (Å²) in [7, 11) is 0. The molecular weight excluding hydrogens is 690 g/mol. The predicted octanol–water partition coefficient (Wildman–Crippen LogP) is 9.13. The van der Waals surface area contributed by atoms with E-state index in [2.05, 4.69) is 0 Å². The highest BCUT2D eigenvalue weighted by molar-refractivity contribution is 6.06. The van der Waals surface area contributed by atoms with Gasteiger partial charge in [0, 0.05) is 24.0 Å². The molecule has 0 saturated carbocycles. The molecule has 4 aromatic carbocycles. The van der Waals surface area contributed by atoms with Crippen molar-refractivity contribution in [3.63, 3.8) is 0 Å². The van der Waals surface area contributed by atoms with Crippen LogP contribution in [-0.2, 0) is 24.0 Å². The SMILES string of the molecule is CCC(=O)c1ccc(-c2ccc(C(=O)Cc3c(C)cc(Cc4cc(C)c(C)c(C(C)(O)C(F)(F)F)c4)cc3C(C)(O)C(F)(F)F)cc2)cc1C(=O)O. The van der Waals surface area contributed by atoms with Crippen molar-refractivity contribution in [2.45, 2.75) is 84.4 Å². The number of carbonyl (C=O) groups excluding carboxylic acids is 2. The van der Waals surface area contributed by atoms with E-state index in [1.165, 1.54) is 56.3 Å². The molecule has 0 heterocycles. The molecule has 2 atom stereocenters. The Hall–Kier alpha value is -4.81. The second-order valence-electron chi connectivity index (χ2n) is 13.4. The lowest BCUT2D eigenvalue weighted by molar-refractivity contribution is -0.259. The fourth-order valence-electron chi connectivity index (χ4n) is 6.19. The second kappa shape index (κ2) is 14.3. The molecule has 0 aromatic heterocycles. The zero-order valence-electron chi connectivity index (χ0n) is 29.3. The molecule has 6 nitrogen and oxygen atoms in total. The quantitative estimate of drug-likeness (QED) is 0.105. The van der Waals surface area contributed by atoms with Crippen molar-refractivity contribution < 1.29 is 56.0 Å². The summed E-state index contributed by atoms with van der Waals surface area (Å²) in [4.78, 5) is 37.5. The first-order chi connectivity index (χ1) is 23.9. The first kappa shape index (κ1) is 40.0. The summed E-state index contributed by atoms with van der Waals surface area (Å²) in [6, 6.07) is 15.6. The van der Waals surface area contributed by atoms with Crippen molar-refractivity contribution in [2.75, 3.05) is 0 Å². The monoisotopic (exact) mass is 728 g/mol. The van der Waals surface area contributed by atoms with Crippen LogP contribution in [0.15, 0.2) is 66.7 Å². The predicted molar refractivity (Wildman–Crippen MR) is 183 cm³/mol. The lowest BCUT2D eigenvalue weighted by Crippen LogP contribution is -2.40. The van der Waals surface area contributed by atoms with E-state index in [0.29, 0.717) is 30.5 Å². The summed E-state index contributed by atoms with van der Waals surface area (Å²) in [5, 5.41) is 30.9. The highest BCUT2D eigenvalue weighted by atomic mass is 19.4. The molecule has 4 rings (SSSR count). The average Bonchev–Trinajstić information content (AvgIpc) is 3.05. The molecule has 0 saturated heterocycles. The highest BCUT2D eigenvalue weighted by Crippen LogP contribution is 2.43.